The van der Waals surface area contributed by atoms with Crippen molar-refractivity contribution >= 4 is 11.9 Å². The number of aryl methyl sites for hydroxylation is 1. The van der Waals surface area contributed by atoms with Crippen LogP contribution < -0.4 is 5.32 Å². The second kappa shape index (κ2) is 8.32. The summed E-state index contributed by atoms with van der Waals surface area (Å²) < 4.78 is 5.09. The summed E-state index contributed by atoms with van der Waals surface area (Å²) in [7, 11) is 5.53. The summed E-state index contributed by atoms with van der Waals surface area (Å²) in [6, 6.07) is 7.68. The average molecular weight is 277 g/mol. The highest BCUT2D eigenvalue weighted by molar-refractivity contribution is 6.04. The first-order valence-electron chi connectivity index (χ1n) is 6.64. The number of rotatable bonds is 5. The molecule has 0 radical (unpaired) electrons. The highest BCUT2D eigenvalue weighted by atomic mass is 16.5. The molecule has 0 unspecified atom stereocenters. The highest BCUT2D eigenvalue weighted by Crippen LogP contribution is 2.06. The van der Waals surface area contributed by atoms with E-state index >= 15 is 0 Å². The lowest BCUT2D eigenvalue weighted by Crippen LogP contribution is -2.32. The number of nitrogens with zero attached hydrogens (tertiary/aromatic N) is 2. The third-order valence-electron chi connectivity index (χ3n) is 2.82. The molecule has 110 valence electrons. The molecule has 0 heterocycles. The third-order valence-corrected chi connectivity index (χ3v) is 2.82. The van der Waals surface area contributed by atoms with Crippen LogP contribution in [-0.2, 0) is 4.74 Å². The molecule has 0 aromatic heterocycles. The number of methoxy groups -OCH3 is 1. The molecule has 5 nitrogen and oxygen atoms in total. The zero-order valence-corrected chi connectivity index (χ0v) is 12.6. The van der Waals surface area contributed by atoms with Crippen LogP contribution in [0.25, 0.3) is 0 Å². The van der Waals surface area contributed by atoms with Gasteiger partial charge in [0.15, 0.2) is 0 Å². The van der Waals surface area contributed by atoms with E-state index in [-0.39, 0.29) is 11.9 Å². The minimum atomic E-state index is -0.198. The maximum atomic E-state index is 12.1. The van der Waals surface area contributed by atoms with Crippen molar-refractivity contribution in [2.24, 2.45) is 4.99 Å². The number of carbonyl (C=O) groups is 1. The van der Waals surface area contributed by atoms with Gasteiger partial charge in [0, 0.05) is 12.1 Å². The molecular formula is C15H23N3O2. The Kier molecular flexibility index (Phi) is 6.73. The van der Waals surface area contributed by atoms with Gasteiger partial charge in [-0.3, -0.25) is 10.1 Å². The molecule has 0 saturated heterocycles. The van der Waals surface area contributed by atoms with Gasteiger partial charge >= 0.3 is 0 Å². The van der Waals surface area contributed by atoms with E-state index in [1.807, 2.05) is 39.2 Å². The van der Waals surface area contributed by atoms with Gasteiger partial charge in [-0.05, 0) is 45.6 Å². The van der Waals surface area contributed by atoms with Gasteiger partial charge in [0.2, 0.25) is 0 Å². The topological polar surface area (TPSA) is 53.9 Å². The Morgan fingerprint density at radius 1 is 1.35 bits per heavy atom. The Bertz CT molecular complexity index is 470. The van der Waals surface area contributed by atoms with Gasteiger partial charge in [-0.25, -0.2) is 4.99 Å². The van der Waals surface area contributed by atoms with Crippen LogP contribution in [0.4, 0.5) is 0 Å². The predicted octanol–water partition coefficient (Wildman–Crippen LogP) is 1.68. The van der Waals surface area contributed by atoms with E-state index in [4.69, 9.17) is 4.74 Å². The molecule has 1 aromatic carbocycles. The first kappa shape index (κ1) is 16.2. The fourth-order valence-electron chi connectivity index (χ4n) is 1.71. The van der Waals surface area contributed by atoms with Crippen LogP contribution >= 0.6 is 0 Å². The van der Waals surface area contributed by atoms with E-state index < -0.39 is 0 Å². The first-order chi connectivity index (χ1) is 9.54. The minimum absolute atomic E-state index is 0.198. The molecule has 5 heteroatoms. The fourth-order valence-corrected chi connectivity index (χ4v) is 1.71. The van der Waals surface area contributed by atoms with Crippen LogP contribution in [0.3, 0.4) is 0 Å². The normalized spacial score (nSPS) is 11.6. The smallest absolute Gasteiger partial charge is 0.291 e. The Balaban J connectivity index is 2.57. The maximum absolute atomic E-state index is 12.1. The highest BCUT2D eigenvalue weighted by Gasteiger charge is 2.10. The van der Waals surface area contributed by atoms with Crippen LogP contribution in [0.15, 0.2) is 29.3 Å². The molecule has 1 N–H and O–H groups in total. The SMILES string of the molecule is COC(=NCCCN(C)C)NC(=O)c1ccccc1C. The molecule has 0 fully saturated rings. The van der Waals surface area contributed by atoms with Crippen molar-refractivity contribution in [2.45, 2.75) is 13.3 Å². The average Bonchev–Trinajstić information content (AvgIpc) is 2.42. The van der Waals surface area contributed by atoms with Crippen molar-refractivity contribution in [3.63, 3.8) is 0 Å². The molecule has 1 amide bonds. The van der Waals surface area contributed by atoms with Crippen LogP contribution in [0.2, 0.25) is 0 Å². The molecule has 0 atom stereocenters. The van der Waals surface area contributed by atoms with Crippen LogP contribution in [0, 0.1) is 6.92 Å². The maximum Gasteiger partial charge on any atom is 0.291 e. The summed E-state index contributed by atoms with van der Waals surface area (Å²) in [5, 5.41) is 2.69. The van der Waals surface area contributed by atoms with Crippen LogP contribution in [0.1, 0.15) is 22.3 Å². The Labute approximate surface area is 120 Å². The van der Waals surface area contributed by atoms with Gasteiger partial charge in [-0.1, -0.05) is 18.2 Å². The molecule has 20 heavy (non-hydrogen) atoms. The number of amidine groups is 1. The summed E-state index contributed by atoms with van der Waals surface area (Å²) in [6.07, 6.45) is 0.917. The molecule has 0 saturated carbocycles. The quantitative estimate of drug-likeness (QED) is 0.506. The van der Waals surface area contributed by atoms with Crippen LogP contribution in [-0.4, -0.2) is 51.1 Å². The lowest BCUT2D eigenvalue weighted by Gasteiger charge is -2.10. The summed E-state index contributed by atoms with van der Waals surface area (Å²) in [5.41, 5.74) is 1.55. The Morgan fingerprint density at radius 3 is 2.65 bits per heavy atom. The number of aliphatic imine (C=N–C) groups is 1. The van der Waals surface area contributed by atoms with E-state index in [9.17, 15) is 4.79 Å². The van der Waals surface area contributed by atoms with Crippen molar-refractivity contribution in [2.75, 3.05) is 34.3 Å². The predicted molar refractivity (Wildman–Crippen MR) is 81.1 cm³/mol. The van der Waals surface area contributed by atoms with E-state index in [2.05, 4.69) is 15.2 Å². The fraction of sp³-hybridized carbons (Fsp3) is 0.467. The van der Waals surface area contributed by atoms with E-state index in [1.165, 1.54) is 7.11 Å². The largest absolute Gasteiger partial charge is 0.468 e. The molecule has 0 aliphatic rings. The number of hydrogen-bond acceptors (Lipinski definition) is 4. The number of ether oxygens (including phenoxy) is 1. The molecular weight excluding hydrogens is 254 g/mol. The lowest BCUT2D eigenvalue weighted by molar-refractivity contribution is 0.0968. The number of amides is 1. The summed E-state index contributed by atoms with van der Waals surface area (Å²) in [6.45, 7) is 3.47. The summed E-state index contributed by atoms with van der Waals surface area (Å²) in [4.78, 5) is 18.4. The Hall–Kier alpha value is -1.88. The molecule has 1 rings (SSSR count). The van der Waals surface area contributed by atoms with E-state index in [0.717, 1.165) is 18.5 Å². The zero-order valence-electron chi connectivity index (χ0n) is 12.6. The molecule has 0 bridgehead atoms. The first-order valence-corrected chi connectivity index (χ1v) is 6.64. The van der Waals surface area contributed by atoms with E-state index in [0.29, 0.717) is 12.1 Å². The second-order valence-corrected chi connectivity index (χ2v) is 4.82. The van der Waals surface area contributed by atoms with Crippen molar-refractivity contribution in [3.05, 3.63) is 35.4 Å². The third kappa shape index (κ3) is 5.40. The van der Waals surface area contributed by atoms with Gasteiger partial charge in [0.1, 0.15) is 0 Å². The number of nitrogens with one attached hydrogen (secondary N) is 1. The van der Waals surface area contributed by atoms with Gasteiger partial charge in [-0.2, -0.15) is 0 Å². The van der Waals surface area contributed by atoms with Gasteiger partial charge in [0.05, 0.1) is 7.11 Å². The summed E-state index contributed by atoms with van der Waals surface area (Å²) >= 11 is 0. The van der Waals surface area contributed by atoms with E-state index in [1.54, 1.807) is 6.07 Å². The van der Waals surface area contributed by atoms with Crippen molar-refractivity contribution in [1.29, 1.82) is 0 Å². The zero-order chi connectivity index (χ0) is 15.0. The molecule has 1 aromatic rings. The standard InChI is InChI=1S/C15H23N3O2/c1-12-8-5-6-9-13(12)14(19)17-15(20-4)16-10-7-11-18(2)3/h5-6,8-9H,7,10-11H2,1-4H3,(H,16,17,19). The molecule has 0 aliphatic carbocycles. The molecule has 0 spiro atoms. The minimum Gasteiger partial charge on any atom is -0.468 e. The van der Waals surface area contributed by atoms with Gasteiger partial charge in [-0.15, -0.1) is 0 Å². The van der Waals surface area contributed by atoms with Crippen molar-refractivity contribution in [1.82, 2.24) is 10.2 Å². The van der Waals surface area contributed by atoms with Crippen molar-refractivity contribution in [3.8, 4) is 0 Å². The Morgan fingerprint density at radius 2 is 2.05 bits per heavy atom. The molecule has 0 aliphatic heterocycles. The number of carbonyl (C=O) groups excluding carboxylic acids is 1. The monoisotopic (exact) mass is 277 g/mol. The van der Waals surface area contributed by atoms with Gasteiger partial charge < -0.3 is 9.64 Å². The van der Waals surface area contributed by atoms with Crippen molar-refractivity contribution < 1.29 is 9.53 Å². The lowest BCUT2D eigenvalue weighted by atomic mass is 10.1. The summed E-state index contributed by atoms with van der Waals surface area (Å²) in [5.74, 6) is -0.198. The van der Waals surface area contributed by atoms with Gasteiger partial charge in [0.25, 0.3) is 11.9 Å². The van der Waals surface area contributed by atoms with Crippen LogP contribution in [0.5, 0.6) is 0 Å². The number of hydrogen-bond donors (Lipinski definition) is 1. The second-order valence-electron chi connectivity index (χ2n) is 4.82. The number of benzene rings is 1.